The van der Waals surface area contributed by atoms with Crippen LogP contribution in [0.25, 0.3) is 11.4 Å². The molecule has 0 unspecified atom stereocenters. The molecule has 0 bridgehead atoms. The number of carbonyl (C=O) groups excluding carboxylic acids is 2. The monoisotopic (exact) mass is 421 g/mol. The summed E-state index contributed by atoms with van der Waals surface area (Å²) in [6.45, 7) is 1.08. The number of nitrogens with zero attached hydrogens (tertiary/aromatic N) is 3. The Morgan fingerprint density at radius 2 is 1.93 bits per heavy atom. The lowest BCUT2D eigenvalue weighted by molar-refractivity contribution is -0.121. The van der Waals surface area contributed by atoms with E-state index in [9.17, 15) is 9.59 Å². The number of thioether (sulfide) groups is 1. The molecule has 2 N–H and O–H groups in total. The van der Waals surface area contributed by atoms with Gasteiger partial charge in [-0.1, -0.05) is 12.1 Å². The van der Waals surface area contributed by atoms with Crippen molar-refractivity contribution in [3.63, 3.8) is 0 Å². The summed E-state index contributed by atoms with van der Waals surface area (Å²) in [6, 6.07) is 15.1. The Labute approximate surface area is 179 Å². The summed E-state index contributed by atoms with van der Waals surface area (Å²) in [5.41, 5.74) is 2.60. The Hall–Kier alpha value is -3.13. The first-order valence-corrected chi connectivity index (χ1v) is 11.1. The number of piperidine rings is 1. The zero-order chi connectivity index (χ0) is 20.9. The number of carbonyl (C=O) groups is 2. The van der Waals surface area contributed by atoms with Gasteiger partial charge in [0.15, 0.2) is 0 Å². The zero-order valence-electron chi connectivity index (χ0n) is 16.7. The number of aromatic amines is 1. The predicted octanol–water partition coefficient (Wildman–Crippen LogP) is 3.68. The molecule has 1 fully saturated rings. The highest BCUT2D eigenvalue weighted by Gasteiger charge is 2.28. The summed E-state index contributed by atoms with van der Waals surface area (Å²) < 4.78 is 0. The van der Waals surface area contributed by atoms with Crippen LogP contribution >= 0.6 is 11.8 Å². The van der Waals surface area contributed by atoms with Crippen LogP contribution in [0.1, 0.15) is 23.3 Å². The Balaban J connectivity index is 1.33. The fourth-order valence-corrected chi connectivity index (χ4v) is 4.00. The normalized spacial score (nSPS) is 14.5. The number of hydrogen-bond donors (Lipinski definition) is 2. The van der Waals surface area contributed by atoms with Gasteiger partial charge in [-0.3, -0.25) is 19.7 Å². The van der Waals surface area contributed by atoms with Gasteiger partial charge >= 0.3 is 0 Å². The lowest BCUT2D eigenvalue weighted by atomic mass is 9.95. The van der Waals surface area contributed by atoms with Gasteiger partial charge in [-0.15, -0.1) is 11.8 Å². The summed E-state index contributed by atoms with van der Waals surface area (Å²) in [5, 5.41) is 10.0. The molecule has 0 saturated carbocycles. The lowest BCUT2D eigenvalue weighted by Gasteiger charge is -2.31. The molecule has 1 aromatic carbocycles. The molecular weight excluding hydrogens is 398 g/mol. The van der Waals surface area contributed by atoms with Crippen molar-refractivity contribution in [1.82, 2.24) is 20.1 Å². The van der Waals surface area contributed by atoms with E-state index in [1.165, 1.54) is 0 Å². The van der Waals surface area contributed by atoms with Crippen LogP contribution in [0.15, 0.2) is 59.6 Å². The summed E-state index contributed by atoms with van der Waals surface area (Å²) in [6.07, 6.45) is 4.98. The molecule has 30 heavy (non-hydrogen) atoms. The maximum absolute atomic E-state index is 12.8. The van der Waals surface area contributed by atoms with Gasteiger partial charge in [0.1, 0.15) is 11.4 Å². The number of anilines is 1. The van der Waals surface area contributed by atoms with Crippen molar-refractivity contribution in [3.05, 3.63) is 60.4 Å². The first-order chi connectivity index (χ1) is 14.6. The van der Waals surface area contributed by atoms with Gasteiger partial charge in [0.2, 0.25) is 5.91 Å². The number of nitrogens with one attached hydrogen (secondary N) is 2. The highest BCUT2D eigenvalue weighted by molar-refractivity contribution is 7.98. The number of amides is 2. The van der Waals surface area contributed by atoms with E-state index in [0.29, 0.717) is 43.0 Å². The minimum atomic E-state index is -0.101. The summed E-state index contributed by atoms with van der Waals surface area (Å²) in [7, 11) is 0. The molecule has 0 atom stereocenters. The molecule has 1 aliphatic heterocycles. The predicted molar refractivity (Wildman–Crippen MR) is 117 cm³/mol. The van der Waals surface area contributed by atoms with E-state index in [1.807, 2.05) is 48.7 Å². The third-order valence-corrected chi connectivity index (χ3v) is 5.95. The number of likely N-dealkylation sites (tertiary alicyclic amines) is 1. The van der Waals surface area contributed by atoms with Crippen LogP contribution in [-0.4, -0.2) is 51.2 Å². The maximum Gasteiger partial charge on any atom is 0.271 e. The molecule has 8 heteroatoms. The van der Waals surface area contributed by atoms with Crippen molar-refractivity contribution >= 4 is 29.3 Å². The van der Waals surface area contributed by atoms with Crippen molar-refractivity contribution in [1.29, 1.82) is 0 Å². The van der Waals surface area contributed by atoms with Crippen LogP contribution in [0, 0.1) is 5.92 Å². The van der Waals surface area contributed by atoms with Gasteiger partial charge in [0, 0.05) is 35.8 Å². The van der Waals surface area contributed by atoms with Gasteiger partial charge in [-0.25, -0.2) is 0 Å². The Morgan fingerprint density at radius 1 is 1.10 bits per heavy atom. The van der Waals surface area contributed by atoms with Crippen molar-refractivity contribution in [2.24, 2.45) is 5.92 Å². The number of H-pyrrole nitrogens is 1. The van der Waals surface area contributed by atoms with Crippen LogP contribution in [0.2, 0.25) is 0 Å². The Kier molecular flexibility index (Phi) is 6.13. The molecule has 1 aliphatic rings. The summed E-state index contributed by atoms with van der Waals surface area (Å²) >= 11 is 1.64. The third-order valence-electron chi connectivity index (χ3n) is 5.23. The fraction of sp³-hybridized carbons (Fsp3) is 0.273. The second kappa shape index (κ2) is 9.13. The van der Waals surface area contributed by atoms with E-state index in [0.717, 1.165) is 10.6 Å². The molecule has 1 saturated heterocycles. The largest absolute Gasteiger partial charge is 0.337 e. The Bertz CT molecular complexity index is 1030. The van der Waals surface area contributed by atoms with Crippen LogP contribution in [0.5, 0.6) is 0 Å². The van der Waals surface area contributed by atoms with Gasteiger partial charge in [-0.05, 0) is 55.5 Å². The van der Waals surface area contributed by atoms with Gasteiger partial charge in [-0.2, -0.15) is 5.10 Å². The standard InChI is InChI=1S/C22H23N5O2S/c1-30-17-6-4-5-16(13-17)24-21(28)15-8-11-27(12-9-15)22(29)20-14-19(25-26-20)18-7-2-3-10-23-18/h2-7,10,13-15H,8-9,11-12H2,1H3,(H,24,28)(H,25,26). The first kappa shape index (κ1) is 20.2. The number of pyridine rings is 1. The van der Waals surface area contributed by atoms with E-state index in [1.54, 1.807) is 28.9 Å². The van der Waals surface area contributed by atoms with E-state index in [-0.39, 0.29) is 17.7 Å². The second-order valence-corrected chi connectivity index (χ2v) is 8.05. The van der Waals surface area contributed by atoms with E-state index in [4.69, 9.17) is 0 Å². The van der Waals surface area contributed by atoms with Crippen LogP contribution in [-0.2, 0) is 4.79 Å². The molecule has 2 aromatic heterocycles. The van der Waals surface area contributed by atoms with Crippen molar-refractivity contribution < 1.29 is 9.59 Å². The average molecular weight is 422 g/mol. The number of rotatable bonds is 5. The van der Waals surface area contributed by atoms with Gasteiger partial charge in [0.25, 0.3) is 5.91 Å². The summed E-state index contributed by atoms with van der Waals surface area (Å²) in [4.78, 5) is 32.6. The molecule has 7 nitrogen and oxygen atoms in total. The van der Waals surface area contributed by atoms with Gasteiger partial charge in [0.05, 0.1) is 5.69 Å². The van der Waals surface area contributed by atoms with Crippen molar-refractivity contribution in [2.45, 2.75) is 17.7 Å². The first-order valence-electron chi connectivity index (χ1n) is 9.85. The minimum absolute atomic E-state index is 0.0133. The smallest absolute Gasteiger partial charge is 0.271 e. The van der Waals surface area contributed by atoms with E-state index >= 15 is 0 Å². The van der Waals surface area contributed by atoms with Crippen molar-refractivity contribution in [3.8, 4) is 11.4 Å². The number of hydrogen-bond acceptors (Lipinski definition) is 5. The zero-order valence-corrected chi connectivity index (χ0v) is 17.5. The van der Waals surface area contributed by atoms with Crippen LogP contribution < -0.4 is 5.32 Å². The number of benzene rings is 1. The highest BCUT2D eigenvalue weighted by Crippen LogP contribution is 2.23. The fourth-order valence-electron chi connectivity index (χ4n) is 3.54. The molecular formula is C22H23N5O2S. The van der Waals surface area contributed by atoms with Crippen molar-refractivity contribution in [2.75, 3.05) is 24.7 Å². The molecule has 0 spiro atoms. The van der Waals surface area contributed by atoms with Gasteiger partial charge < -0.3 is 10.2 Å². The topological polar surface area (TPSA) is 91.0 Å². The quantitative estimate of drug-likeness (QED) is 0.613. The molecule has 0 aliphatic carbocycles. The third kappa shape index (κ3) is 4.54. The van der Waals surface area contributed by atoms with Crippen LogP contribution in [0.4, 0.5) is 5.69 Å². The molecule has 0 radical (unpaired) electrons. The molecule has 3 heterocycles. The average Bonchev–Trinajstić information content (AvgIpc) is 3.30. The molecule has 4 rings (SSSR count). The minimum Gasteiger partial charge on any atom is -0.337 e. The second-order valence-electron chi connectivity index (χ2n) is 7.17. The Morgan fingerprint density at radius 3 is 2.67 bits per heavy atom. The lowest BCUT2D eigenvalue weighted by Crippen LogP contribution is -2.41. The molecule has 154 valence electrons. The maximum atomic E-state index is 12.8. The summed E-state index contributed by atoms with van der Waals surface area (Å²) in [5.74, 6) is -0.187. The SMILES string of the molecule is CSc1cccc(NC(=O)C2CCN(C(=O)c3cc(-c4ccccn4)n[nH]3)CC2)c1. The number of aromatic nitrogens is 3. The van der Waals surface area contributed by atoms with Crippen LogP contribution in [0.3, 0.4) is 0 Å². The molecule has 3 aromatic rings. The highest BCUT2D eigenvalue weighted by atomic mass is 32.2. The van der Waals surface area contributed by atoms with E-state index < -0.39 is 0 Å². The van der Waals surface area contributed by atoms with E-state index in [2.05, 4.69) is 20.5 Å². The molecule has 2 amide bonds.